The first-order valence-electron chi connectivity index (χ1n) is 5.76. The highest BCUT2D eigenvalue weighted by Gasteiger charge is 2.10. The SMILES string of the molecule is CC(O)CC(C)NC(=O)CSCc1ccc(Cl)s1. The van der Waals surface area contributed by atoms with Crippen molar-refractivity contribution in [3.8, 4) is 0 Å². The van der Waals surface area contributed by atoms with Gasteiger partial charge in [0, 0.05) is 16.7 Å². The van der Waals surface area contributed by atoms with Gasteiger partial charge in [-0.3, -0.25) is 4.79 Å². The molecule has 6 heteroatoms. The molecular weight excluding hydrogens is 290 g/mol. The molecule has 0 aromatic carbocycles. The van der Waals surface area contributed by atoms with Crippen molar-refractivity contribution in [2.45, 2.75) is 38.2 Å². The number of nitrogens with one attached hydrogen (secondary N) is 1. The average Bonchev–Trinajstić information content (AvgIpc) is 2.62. The van der Waals surface area contributed by atoms with Crippen molar-refractivity contribution in [3.05, 3.63) is 21.3 Å². The summed E-state index contributed by atoms with van der Waals surface area (Å²) in [6, 6.07) is 3.86. The fraction of sp³-hybridized carbons (Fsp3) is 0.583. The van der Waals surface area contributed by atoms with Crippen LogP contribution in [0, 0.1) is 0 Å². The maximum atomic E-state index is 11.6. The second-order valence-electron chi connectivity index (χ2n) is 4.25. The van der Waals surface area contributed by atoms with Crippen LogP contribution in [-0.4, -0.2) is 28.9 Å². The number of hydrogen-bond donors (Lipinski definition) is 2. The van der Waals surface area contributed by atoms with Crippen LogP contribution in [0.15, 0.2) is 12.1 Å². The predicted molar refractivity (Wildman–Crippen MR) is 79.4 cm³/mol. The molecule has 18 heavy (non-hydrogen) atoms. The first-order valence-corrected chi connectivity index (χ1v) is 8.11. The number of amides is 1. The van der Waals surface area contributed by atoms with Crippen LogP contribution >= 0.6 is 34.7 Å². The molecule has 102 valence electrons. The van der Waals surface area contributed by atoms with Crippen molar-refractivity contribution < 1.29 is 9.90 Å². The summed E-state index contributed by atoms with van der Waals surface area (Å²) >= 11 is 8.93. The van der Waals surface area contributed by atoms with E-state index < -0.39 is 0 Å². The highest BCUT2D eigenvalue weighted by molar-refractivity contribution is 7.99. The third-order valence-electron chi connectivity index (χ3n) is 2.21. The number of rotatable bonds is 7. The molecule has 0 aliphatic heterocycles. The van der Waals surface area contributed by atoms with Crippen molar-refractivity contribution in [3.63, 3.8) is 0 Å². The molecule has 0 spiro atoms. The minimum atomic E-state index is -0.388. The third-order valence-corrected chi connectivity index (χ3v) is 4.60. The molecule has 0 aliphatic carbocycles. The topological polar surface area (TPSA) is 49.3 Å². The molecule has 2 atom stereocenters. The lowest BCUT2D eigenvalue weighted by Crippen LogP contribution is -2.35. The smallest absolute Gasteiger partial charge is 0.230 e. The van der Waals surface area contributed by atoms with Crippen LogP contribution in [0.25, 0.3) is 0 Å². The van der Waals surface area contributed by atoms with Crippen LogP contribution in [0.5, 0.6) is 0 Å². The molecule has 0 radical (unpaired) electrons. The molecular formula is C12H18ClNO2S2. The molecule has 1 heterocycles. The second-order valence-corrected chi connectivity index (χ2v) is 7.04. The van der Waals surface area contributed by atoms with Crippen LogP contribution in [0.1, 0.15) is 25.1 Å². The maximum absolute atomic E-state index is 11.6. The molecule has 0 saturated carbocycles. The molecule has 2 unspecified atom stereocenters. The Hall–Kier alpha value is -0.230. The largest absolute Gasteiger partial charge is 0.393 e. The Morgan fingerprint density at radius 3 is 2.83 bits per heavy atom. The number of thioether (sulfide) groups is 1. The molecule has 1 aromatic rings. The fourth-order valence-corrected chi connectivity index (χ4v) is 3.60. The summed E-state index contributed by atoms with van der Waals surface area (Å²) in [5.74, 6) is 1.24. The first-order chi connectivity index (χ1) is 8.47. The number of carbonyl (C=O) groups excluding carboxylic acids is 1. The average molecular weight is 308 g/mol. The van der Waals surface area contributed by atoms with E-state index in [4.69, 9.17) is 11.6 Å². The molecule has 2 N–H and O–H groups in total. The summed E-state index contributed by atoms with van der Waals surface area (Å²) in [5, 5.41) is 12.1. The van der Waals surface area contributed by atoms with E-state index in [0.29, 0.717) is 12.2 Å². The van der Waals surface area contributed by atoms with Gasteiger partial charge in [-0.15, -0.1) is 23.1 Å². The zero-order valence-corrected chi connectivity index (χ0v) is 12.9. The van der Waals surface area contributed by atoms with E-state index in [1.165, 1.54) is 4.88 Å². The van der Waals surface area contributed by atoms with E-state index >= 15 is 0 Å². The van der Waals surface area contributed by atoms with Gasteiger partial charge in [-0.2, -0.15) is 0 Å². The third kappa shape index (κ3) is 6.64. The van der Waals surface area contributed by atoms with Crippen molar-refractivity contribution >= 4 is 40.6 Å². The van der Waals surface area contributed by atoms with Gasteiger partial charge >= 0.3 is 0 Å². The summed E-state index contributed by atoms with van der Waals surface area (Å²) in [7, 11) is 0. The normalized spacial score (nSPS) is 14.2. The Morgan fingerprint density at radius 1 is 1.56 bits per heavy atom. The Balaban J connectivity index is 2.17. The van der Waals surface area contributed by atoms with Gasteiger partial charge in [0.05, 0.1) is 16.2 Å². The molecule has 1 amide bonds. The zero-order valence-electron chi connectivity index (χ0n) is 10.5. The molecule has 0 aliphatic rings. The Kier molecular flexibility index (Phi) is 7.07. The number of carbonyl (C=O) groups is 1. The van der Waals surface area contributed by atoms with Crippen molar-refractivity contribution in [1.29, 1.82) is 0 Å². The Morgan fingerprint density at radius 2 is 2.28 bits per heavy atom. The molecule has 0 fully saturated rings. The van der Waals surface area contributed by atoms with Crippen LogP contribution < -0.4 is 5.32 Å². The first kappa shape index (κ1) is 15.8. The van der Waals surface area contributed by atoms with E-state index in [9.17, 15) is 9.90 Å². The van der Waals surface area contributed by atoms with E-state index in [1.807, 2.05) is 19.1 Å². The predicted octanol–water partition coefficient (Wildman–Crippen LogP) is 2.91. The van der Waals surface area contributed by atoms with Crippen LogP contribution in [-0.2, 0) is 10.5 Å². The van der Waals surface area contributed by atoms with Gasteiger partial charge in [0.15, 0.2) is 0 Å². The molecule has 0 saturated heterocycles. The zero-order chi connectivity index (χ0) is 13.5. The quantitative estimate of drug-likeness (QED) is 0.814. The summed E-state index contributed by atoms with van der Waals surface area (Å²) in [4.78, 5) is 12.8. The van der Waals surface area contributed by atoms with Gasteiger partial charge in [-0.25, -0.2) is 0 Å². The van der Waals surface area contributed by atoms with E-state index in [-0.39, 0.29) is 18.1 Å². The summed E-state index contributed by atoms with van der Waals surface area (Å²) < 4.78 is 0.778. The van der Waals surface area contributed by atoms with Crippen LogP contribution in [0.4, 0.5) is 0 Å². The number of thiophene rings is 1. The van der Waals surface area contributed by atoms with Crippen molar-refractivity contribution in [2.24, 2.45) is 0 Å². The van der Waals surface area contributed by atoms with Gasteiger partial charge in [0.2, 0.25) is 5.91 Å². The lowest BCUT2D eigenvalue weighted by atomic mass is 10.1. The molecule has 3 nitrogen and oxygen atoms in total. The maximum Gasteiger partial charge on any atom is 0.230 e. The van der Waals surface area contributed by atoms with E-state index in [0.717, 1.165) is 10.1 Å². The van der Waals surface area contributed by atoms with E-state index in [1.54, 1.807) is 30.0 Å². The van der Waals surface area contributed by atoms with Gasteiger partial charge < -0.3 is 10.4 Å². The Bertz CT molecular complexity index is 382. The van der Waals surface area contributed by atoms with Crippen LogP contribution in [0.2, 0.25) is 4.34 Å². The summed E-state index contributed by atoms with van der Waals surface area (Å²) in [6.07, 6.45) is 0.193. The number of aliphatic hydroxyl groups excluding tert-OH is 1. The van der Waals surface area contributed by atoms with Crippen molar-refractivity contribution in [1.82, 2.24) is 5.32 Å². The number of hydrogen-bond acceptors (Lipinski definition) is 4. The minimum Gasteiger partial charge on any atom is -0.393 e. The van der Waals surface area contributed by atoms with Gasteiger partial charge in [0.1, 0.15) is 0 Å². The minimum absolute atomic E-state index is 0.00859. The van der Waals surface area contributed by atoms with Crippen LogP contribution in [0.3, 0.4) is 0 Å². The lowest BCUT2D eigenvalue weighted by molar-refractivity contribution is -0.119. The second kappa shape index (κ2) is 8.04. The lowest BCUT2D eigenvalue weighted by Gasteiger charge is -2.15. The number of aliphatic hydroxyl groups is 1. The summed E-state index contributed by atoms with van der Waals surface area (Å²) in [6.45, 7) is 3.62. The van der Waals surface area contributed by atoms with Crippen molar-refractivity contribution in [2.75, 3.05) is 5.75 Å². The molecule has 1 aromatic heterocycles. The molecule has 0 bridgehead atoms. The van der Waals surface area contributed by atoms with Gasteiger partial charge in [-0.05, 0) is 32.4 Å². The fourth-order valence-electron chi connectivity index (χ4n) is 1.56. The highest BCUT2D eigenvalue weighted by Crippen LogP contribution is 2.24. The number of halogens is 1. The van der Waals surface area contributed by atoms with Gasteiger partial charge in [0.25, 0.3) is 0 Å². The highest BCUT2D eigenvalue weighted by atomic mass is 35.5. The summed E-state index contributed by atoms with van der Waals surface area (Å²) in [5.41, 5.74) is 0. The molecule has 1 rings (SSSR count). The van der Waals surface area contributed by atoms with Gasteiger partial charge in [-0.1, -0.05) is 11.6 Å². The monoisotopic (exact) mass is 307 g/mol. The standard InChI is InChI=1S/C12H18ClNO2S2/c1-8(5-9(2)15)14-12(16)7-17-6-10-3-4-11(13)18-10/h3-4,8-9,15H,5-7H2,1-2H3,(H,14,16). The van der Waals surface area contributed by atoms with E-state index in [2.05, 4.69) is 5.32 Å². The Labute approximate surface area is 121 Å².